The van der Waals surface area contributed by atoms with Gasteiger partial charge in [-0.15, -0.1) is 0 Å². The largest absolute Gasteiger partial charge is 0.496 e. The lowest BCUT2D eigenvalue weighted by molar-refractivity contribution is 0.0689. The van der Waals surface area contributed by atoms with Gasteiger partial charge in [0.05, 0.1) is 19.5 Å². The normalized spacial score (nSPS) is 10.2. The zero-order valence-electron chi connectivity index (χ0n) is 12.9. The van der Waals surface area contributed by atoms with Crippen LogP contribution in [0.2, 0.25) is 0 Å². The van der Waals surface area contributed by atoms with Gasteiger partial charge < -0.3 is 15.2 Å². The number of methoxy groups -OCH3 is 1. The Labute approximate surface area is 133 Å². The summed E-state index contributed by atoms with van der Waals surface area (Å²) in [5.41, 5.74) is 1.99. The summed E-state index contributed by atoms with van der Waals surface area (Å²) in [5.74, 6) is -0.812. The number of nitrogens with zero attached hydrogens (tertiary/aromatic N) is 2. The number of carbonyl (C=O) groups excluding carboxylic acids is 1. The Morgan fingerprint density at radius 1 is 1.22 bits per heavy atom. The highest BCUT2D eigenvalue weighted by molar-refractivity contribution is 5.92. The second-order valence-electron chi connectivity index (χ2n) is 4.91. The van der Waals surface area contributed by atoms with Crippen LogP contribution < -0.4 is 10.1 Å². The smallest absolute Gasteiger partial charge is 0.356 e. The monoisotopic (exact) mass is 315 g/mol. The van der Waals surface area contributed by atoms with Gasteiger partial charge in [0.2, 0.25) is 0 Å². The maximum absolute atomic E-state index is 11.9. The van der Waals surface area contributed by atoms with Crippen LogP contribution in [0.1, 0.15) is 32.1 Å². The number of carboxylic acid groups (broad SMARTS) is 1. The lowest BCUT2D eigenvalue weighted by Crippen LogP contribution is -2.27. The van der Waals surface area contributed by atoms with Crippen molar-refractivity contribution in [2.75, 3.05) is 13.7 Å². The first-order valence-corrected chi connectivity index (χ1v) is 6.98. The van der Waals surface area contributed by atoms with E-state index in [1.807, 2.05) is 25.1 Å². The summed E-state index contributed by atoms with van der Waals surface area (Å²) in [5, 5.41) is 11.5. The van der Waals surface area contributed by atoms with E-state index >= 15 is 0 Å². The zero-order chi connectivity index (χ0) is 16.8. The Balaban J connectivity index is 1.94. The number of rotatable bonds is 6. The predicted octanol–water partition coefficient (Wildman–Crippen LogP) is 1.46. The van der Waals surface area contributed by atoms with Crippen LogP contribution in [-0.2, 0) is 6.42 Å². The molecule has 0 radical (unpaired) electrons. The van der Waals surface area contributed by atoms with Crippen molar-refractivity contribution in [2.24, 2.45) is 0 Å². The van der Waals surface area contributed by atoms with Gasteiger partial charge in [-0.05, 0) is 25.0 Å². The number of nitrogens with one attached hydrogen (secondary N) is 1. The molecule has 0 aliphatic carbocycles. The average molecular weight is 315 g/mol. The van der Waals surface area contributed by atoms with Crippen molar-refractivity contribution >= 4 is 11.9 Å². The van der Waals surface area contributed by atoms with Crippen LogP contribution in [0, 0.1) is 6.92 Å². The van der Waals surface area contributed by atoms with Gasteiger partial charge >= 0.3 is 5.97 Å². The lowest BCUT2D eigenvalue weighted by atomic mass is 10.1. The molecule has 0 aliphatic rings. The van der Waals surface area contributed by atoms with Gasteiger partial charge in [-0.25, -0.2) is 14.8 Å². The summed E-state index contributed by atoms with van der Waals surface area (Å²) in [6.45, 7) is 2.39. The van der Waals surface area contributed by atoms with Gasteiger partial charge in [-0.2, -0.15) is 0 Å². The number of amides is 1. The molecule has 0 atom stereocenters. The van der Waals surface area contributed by atoms with E-state index in [9.17, 15) is 9.59 Å². The maximum Gasteiger partial charge on any atom is 0.356 e. The summed E-state index contributed by atoms with van der Waals surface area (Å²) in [6.07, 6.45) is 2.81. The number of benzene rings is 1. The van der Waals surface area contributed by atoms with Crippen LogP contribution in [0.5, 0.6) is 5.75 Å². The highest BCUT2D eigenvalue weighted by Gasteiger charge is 2.11. The topological polar surface area (TPSA) is 101 Å². The summed E-state index contributed by atoms with van der Waals surface area (Å²) < 4.78 is 5.29. The molecule has 2 rings (SSSR count). The molecule has 0 saturated heterocycles. The first-order chi connectivity index (χ1) is 11.0. The maximum atomic E-state index is 11.9. The van der Waals surface area contributed by atoms with Gasteiger partial charge in [0.25, 0.3) is 5.91 Å². The lowest BCUT2D eigenvalue weighted by Gasteiger charge is -2.10. The van der Waals surface area contributed by atoms with Gasteiger partial charge in [0, 0.05) is 6.54 Å². The van der Waals surface area contributed by atoms with E-state index in [-0.39, 0.29) is 11.4 Å². The minimum absolute atomic E-state index is 0.0752. The SMILES string of the molecule is COc1ccc(C)cc1CCNC(=O)c1cnc(C(=O)O)cn1. The van der Waals surface area contributed by atoms with Crippen molar-refractivity contribution in [1.82, 2.24) is 15.3 Å². The molecule has 0 fully saturated rings. The van der Waals surface area contributed by atoms with Crippen LogP contribution >= 0.6 is 0 Å². The molecule has 1 amide bonds. The molecular formula is C16H17N3O4. The van der Waals surface area contributed by atoms with E-state index in [0.717, 1.165) is 29.3 Å². The first kappa shape index (κ1) is 16.4. The fourth-order valence-electron chi connectivity index (χ4n) is 2.06. The Morgan fingerprint density at radius 3 is 2.52 bits per heavy atom. The summed E-state index contributed by atoms with van der Waals surface area (Å²) in [4.78, 5) is 30.1. The van der Waals surface area contributed by atoms with E-state index in [2.05, 4.69) is 15.3 Å². The number of hydrogen-bond acceptors (Lipinski definition) is 5. The van der Waals surface area contributed by atoms with Crippen LogP contribution in [0.15, 0.2) is 30.6 Å². The molecule has 0 aliphatic heterocycles. The van der Waals surface area contributed by atoms with Crippen LogP contribution in [-0.4, -0.2) is 40.6 Å². The molecule has 0 saturated carbocycles. The number of aromatic carboxylic acids is 1. The Bertz CT molecular complexity index is 714. The second kappa shape index (κ2) is 7.35. The molecule has 1 aromatic heterocycles. The van der Waals surface area contributed by atoms with Crippen molar-refractivity contribution in [3.05, 3.63) is 53.1 Å². The van der Waals surface area contributed by atoms with Gasteiger partial charge in [0.15, 0.2) is 5.69 Å². The average Bonchev–Trinajstić information content (AvgIpc) is 2.55. The third-order valence-electron chi connectivity index (χ3n) is 3.22. The van der Waals surface area contributed by atoms with Crippen LogP contribution in [0.3, 0.4) is 0 Å². The van der Waals surface area contributed by atoms with Crippen LogP contribution in [0.4, 0.5) is 0 Å². The number of hydrogen-bond donors (Lipinski definition) is 2. The van der Waals surface area contributed by atoms with Crippen molar-refractivity contribution in [3.63, 3.8) is 0 Å². The fraction of sp³-hybridized carbons (Fsp3) is 0.250. The molecule has 0 spiro atoms. The molecule has 1 aromatic carbocycles. The molecule has 2 aromatic rings. The van der Waals surface area contributed by atoms with E-state index in [0.29, 0.717) is 13.0 Å². The minimum atomic E-state index is -1.18. The molecule has 2 N–H and O–H groups in total. The molecule has 0 unspecified atom stereocenters. The molecule has 120 valence electrons. The number of carbonyl (C=O) groups is 2. The number of carboxylic acids is 1. The Kier molecular flexibility index (Phi) is 5.24. The molecule has 7 heteroatoms. The molecular weight excluding hydrogens is 298 g/mol. The van der Waals surface area contributed by atoms with Crippen molar-refractivity contribution in [3.8, 4) is 5.75 Å². The predicted molar refractivity (Wildman–Crippen MR) is 82.8 cm³/mol. The fourth-order valence-corrected chi connectivity index (χ4v) is 2.06. The van der Waals surface area contributed by atoms with Gasteiger partial charge in [-0.1, -0.05) is 17.7 Å². The summed E-state index contributed by atoms with van der Waals surface area (Å²) >= 11 is 0. The van der Waals surface area contributed by atoms with E-state index < -0.39 is 11.9 Å². The zero-order valence-corrected chi connectivity index (χ0v) is 12.9. The van der Waals surface area contributed by atoms with Crippen molar-refractivity contribution in [1.29, 1.82) is 0 Å². The third kappa shape index (κ3) is 4.26. The first-order valence-electron chi connectivity index (χ1n) is 6.98. The highest BCUT2D eigenvalue weighted by atomic mass is 16.5. The molecule has 1 heterocycles. The summed E-state index contributed by atoms with van der Waals surface area (Å²) in [7, 11) is 1.60. The van der Waals surface area contributed by atoms with Gasteiger partial charge in [0.1, 0.15) is 11.4 Å². The minimum Gasteiger partial charge on any atom is -0.496 e. The number of aryl methyl sites for hydroxylation is 1. The third-order valence-corrected chi connectivity index (χ3v) is 3.22. The second-order valence-corrected chi connectivity index (χ2v) is 4.91. The van der Waals surface area contributed by atoms with Crippen molar-refractivity contribution < 1.29 is 19.4 Å². The molecule has 7 nitrogen and oxygen atoms in total. The Hall–Kier alpha value is -2.96. The number of ether oxygens (including phenoxy) is 1. The Morgan fingerprint density at radius 2 is 1.91 bits per heavy atom. The quantitative estimate of drug-likeness (QED) is 0.837. The molecule has 0 bridgehead atoms. The van der Waals surface area contributed by atoms with Crippen molar-refractivity contribution in [2.45, 2.75) is 13.3 Å². The number of aromatic nitrogens is 2. The van der Waals surface area contributed by atoms with E-state index in [1.54, 1.807) is 7.11 Å². The van der Waals surface area contributed by atoms with E-state index in [1.165, 1.54) is 0 Å². The highest BCUT2D eigenvalue weighted by Crippen LogP contribution is 2.19. The summed E-state index contributed by atoms with van der Waals surface area (Å²) in [6, 6.07) is 5.86. The van der Waals surface area contributed by atoms with Crippen LogP contribution in [0.25, 0.3) is 0 Å². The van der Waals surface area contributed by atoms with E-state index in [4.69, 9.17) is 9.84 Å². The molecule has 23 heavy (non-hydrogen) atoms. The van der Waals surface area contributed by atoms with Gasteiger partial charge in [-0.3, -0.25) is 4.79 Å². The standard InChI is InChI=1S/C16H17N3O4/c1-10-3-4-14(23-2)11(7-10)5-6-17-15(20)12-8-19-13(9-18-12)16(21)22/h3-4,7-9H,5-6H2,1-2H3,(H,17,20)(H,21,22).